The van der Waals surface area contributed by atoms with Crippen LogP contribution in [0.2, 0.25) is 0 Å². The van der Waals surface area contributed by atoms with Gasteiger partial charge in [-0.05, 0) is 12.1 Å². The van der Waals surface area contributed by atoms with Gasteiger partial charge in [-0.2, -0.15) is 0 Å². The Hall–Kier alpha value is -2.07. The van der Waals surface area contributed by atoms with Gasteiger partial charge >= 0.3 is 0 Å². The molecule has 0 atom stereocenters. The molecule has 0 saturated carbocycles. The summed E-state index contributed by atoms with van der Waals surface area (Å²) in [6.07, 6.45) is 2.43. The Morgan fingerprint density at radius 1 is 1.33 bits per heavy atom. The van der Waals surface area contributed by atoms with E-state index >= 15 is 0 Å². The normalized spacial score (nSPS) is 11.2. The highest BCUT2D eigenvalue weighted by Crippen LogP contribution is 2.27. The SMILES string of the molecule is Cn1c(-c2cnc(CCN)o2)cc2ccccc21. The number of fused-ring (bicyclic) bond motifs is 1. The van der Waals surface area contributed by atoms with E-state index in [1.807, 2.05) is 19.2 Å². The highest BCUT2D eigenvalue weighted by Gasteiger charge is 2.11. The molecule has 3 aromatic rings. The highest BCUT2D eigenvalue weighted by atomic mass is 16.4. The van der Waals surface area contributed by atoms with Crippen LogP contribution in [0.5, 0.6) is 0 Å². The fraction of sp³-hybridized carbons (Fsp3) is 0.214. The van der Waals surface area contributed by atoms with E-state index in [0.29, 0.717) is 18.9 Å². The van der Waals surface area contributed by atoms with Crippen molar-refractivity contribution in [3.05, 3.63) is 42.4 Å². The number of aromatic nitrogens is 2. The topological polar surface area (TPSA) is 57.0 Å². The summed E-state index contributed by atoms with van der Waals surface area (Å²) in [5.41, 5.74) is 7.71. The van der Waals surface area contributed by atoms with Crippen molar-refractivity contribution in [2.45, 2.75) is 6.42 Å². The van der Waals surface area contributed by atoms with Crippen molar-refractivity contribution in [3.63, 3.8) is 0 Å². The van der Waals surface area contributed by atoms with Crippen LogP contribution in [0.3, 0.4) is 0 Å². The Kier molecular flexibility index (Phi) is 2.64. The largest absolute Gasteiger partial charge is 0.439 e. The lowest BCUT2D eigenvalue weighted by molar-refractivity contribution is 0.505. The Bertz CT molecular complexity index is 681. The fourth-order valence-corrected chi connectivity index (χ4v) is 2.19. The standard InChI is InChI=1S/C14H15N3O/c1-17-11-5-3-2-4-10(11)8-12(17)13-9-16-14(18-13)6-7-15/h2-5,8-9H,6-7,15H2,1H3. The molecule has 0 amide bonds. The van der Waals surface area contributed by atoms with E-state index in [0.717, 1.165) is 11.5 Å². The number of nitrogens with two attached hydrogens (primary N) is 1. The van der Waals surface area contributed by atoms with Gasteiger partial charge in [-0.3, -0.25) is 0 Å². The van der Waals surface area contributed by atoms with E-state index in [1.54, 1.807) is 6.20 Å². The van der Waals surface area contributed by atoms with E-state index in [-0.39, 0.29) is 0 Å². The van der Waals surface area contributed by atoms with Crippen molar-refractivity contribution < 1.29 is 4.42 Å². The van der Waals surface area contributed by atoms with Crippen LogP contribution >= 0.6 is 0 Å². The van der Waals surface area contributed by atoms with Crippen LogP contribution in [0.1, 0.15) is 5.89 Å². The summed E-state index contributed by atoms with van der Waals surface area (Å²) < 4.78 is 7.82. The van der Waals surface area contributed by atoms with Crippen molar-refractivity contribution in [3.8, 4) is 11.5 Å². The first-order valence-electron chi connectivity index (χ1n) is 5.99. The second-order valence-electron chi connectivity index (χ2n) is 4.30. The number of rotatable bonds is 3. The van der Waals surface area contributed by atoms with E-state index < -0.39 is 0 Å². The van der Waals surface area contributed by atoms with Gasteiger partial charge in [0.05, 0.1) is 11.9 Å². The number of nitrogens with zero attached hydrogens (tertiary/aromatic N) is 2. The monoisotopic (exact) mass is 241 g/mol. The van der Waals surface area contributed by atoms with Gasteiger partial charge in [-0.25, -0.2) is 4.98 Å². The van der Waals surface area contributed by atoms with E-state index in [2.05, 4.69) is 27.8 Å². The molecule has 1 aromatic carbocycles. The third kappa shape index (κ3) is 1.71. The predicted octanol–water partition coefficient (Wildman–Crippen LogP) is 2.33. The zero-order valence-corrected chi connectivity index (χ0v) is 10.3. The van der Waals surface area contributed by atoms with Gasteiger partial charge < -0.3 is 14.7 Å². The Morgan fingerprint density at radius 3 is 2.94 bits per heavy atom. The summed E-state index contributed by atoms with van der Waals surface area (Å²) in [4.78, 5) is 4.23. The number of hydrogen-bond donors (Lipinski definition) is 1. The lowest BCUT2D eigenvalue weighted by atomic mass is 10.2. The molecule has 0 aliphatic rings. The van der Waals surface area contributed by atoms with Gasteiger partial charge in [-0.15, -0.1) is 0 Å². The lowest BCUT2D eigenvalue weighted by Crippen LogP contribution is -2.02. The van der Waals surface area contributed by atoms with Crippen molar-refractivity contribution in [2.75, 3.05) is 6.54 Å². The third-order valence-corrected chi connectivity index (χ3v) is 3.12. The van der Waals surface area contributed by atoms with Gasteiger partial charge in [0.1, 0.15) is 0 Å². The number of oxazole rings is 1. The molecule has 0 bridgehead atoms. The quantitative estimate of drug-likeness (QED) is 0.765. The van der Waals surface area contributed by atoms with Gasteiger partial charge in [0.25, 0.3) is 0 Å². The van der Waals surface area contributed by atoms with E-state index in [1.165, 1.54) is 10.9 Å². The van der Waals surface area contributed by atoms with Crippen LogP contribution in [0.4, 0.5) is 0 Å². The summed E-state index contributed by atoms with van der Waals surface area (Å²) in [5, 5.41) is 1.20. The Balaban J connectivity index is 2.10. The first-order valence-corrected chi connectivity index (χ1v) is 5.99. The van der Waals surface area contributed by atoms with Crippen LogP contribution in [-0.2, 0) is 13.5 Å². The molecule has 0 unspecified atom stereocenters. The summed E-state index contributed by atoms with van der Waals surface area (Å²) in [6, 6.07) is 10.4. The molecule has 0 aliphatic heterocycles. The average molecular weight is 241 g/mol. The number of aryl methyl sites for hydroxylation is 1. The molecule has 0 saturated heterocycles. The van der Waals surface area contributed by atoms with Crippen LogP contribution in [0.25, 0.3) is 22.4 Å². The van der Waals surface area contributed by atoms with Crippen LogP contribution < -0.4 is 5.73 Å². The second kappa shape index (κ2) is 4.31. The predicted molar refractivity (Wildman–Crippen MR) is 71.2 cm³/mol. The molecular weight excluding hydrogens is 226 g/mol. The van der Waals surface area contributed by atoms with E-state index in [9.17, 15) is 0 Å². The zero-order valence-electron chi connectivity index (χ0n) is 10.3. The highest BCUT2D eigenvalue weighted by molar-refractivity contribution is 5.85. The molecule has 4 nitrogen and oxygen atoms in total. The first kappa shape index (κ1) is 11.0. The summed E-state index contributed by atoms with van der Waals surface area (Å²) in [6.45, 7) is 0.551. The zero-order chi connectivity index (χ0) is 12.5. The Labute approximate surface area is 105 Å². The number of hydrogen-bond acceptors (Lipinski definition) is 3. The van der Waals surface area contributed by atoms with Crippen molar-refractivity contribution in [2.24, 2.45) is 12.8 Å². The lowest BCUT2D eigenvalue weighted by Gasteiger charge is -2.00. The molecular formula is C14H15N3O. The molecule has 92 valence electrons. The van der Waals surface area contributed by atoms with Crippen molar-refractivity contribution in [1.29, 1.82) is 0 Å². The minimum Gasteiger partial charge on any atom is -0.439 e. The second-order valence-corrected chi connectivity index (χ2v) is 4.30. The molecule has 3 rings (SSSR count). The van der Waals surface area contributed by atoms with Crippen LogP contribution in [0.15, 0.2) is 40.9 Å². The van der Waals surface area contributed by atoms with Gasteiger partial charge in [0.15, 0.2) is 11.7 Å². The molecule has 0 radical (unpaired) electrons. The van der Waals surface area contributed by atoms with Crippen molar-refractivity contribution in [1.82, 2.24) is 9.55 Å². The fourth-order valence-electron chi connectivity index (χ4n) is 2.19. The maximum Gasteiger partial charge on any atom is 0.196 e. The van der Waals surface area contributed by atoms with Crippen LogP contribution in [0, 0.1) is 0 Å². The molecule has 4 heteroatoms. The van der Waals surface area contributed by atoms with Gasteiger partial charge in [0.2, 0.25) is 0 Å². The molecule has 2 aromatic heterocycles. The maximum atomic E-state index is 5.71. The summed E-state index contributed by atoms with van der Waals surface area (Å²) >= 11 is 0. The first-order chi connectivity index (χ1) is 8.79. The minimum atomic E-state index is 0.551. The summed E-state index contributed by atoms with van der Waals surface area (Å²) in [5.74, 6) is 1.48. The molecule has 0 aliphatic carbocycles. The molecule has 0 spiro atoms. The van der Waals surface area contributed by atoms with Crippen molar-refractivity contribution >= 4 is 10.9 Å². The molecule has 2 N–H and O–H groups in total. The number of para-hydroxylation sites is 1. The van der Waals surface area contributed by atoms with Gasteiger partial charge in [0, 0.05) is 30.9 Å². The van der Waals surface area contributed by atoms with E-state index in [4.69, 9.17) is 10.2 Å². The smallest absolute Gasteiger partial charge is 0.196 e. The van der Waals surface area contributed by atoms with Gasteiger partial charge in [-0.1, -0.05) is 18.2 Å². The summed E-state index contributed by atoms with van der Waals surface area (Å²) in [7, 11) is 2.03. The third-order valence-electron chi connectivity index (χ3n) is 3.12. The average Bonchev–Trinajstić information content (AvgIpc) is 2.96. The molecule has 18 heavy (non-hydrogen) atoms. The van der Waals surface area contributed by atoms with Crippen LogP contribution in [-0.4, -0.2) is 16.1 Å². The maximum absolute atomic E-state index is 5.71. The molecule has 0 fully saturated rings. The minimum absolute atomic E-state index is 0.551. The Morgan fingerprint density at radius 2 is 2.17 bits per heavy atom. The molecule has 2 heterocycles. The number of benzene rings is 1.